The highest BCUT2D eigenvalue weighted by molar-refractivity contribution is 5.96. The van der Waals surface area contributed by atoms with Gasteiger partial charge in [0.2, 0.25) is 5.95 Å². The van der Waals surface area contributed by atoms with E-state index in [9.17, 15) is 9.90 Å². The van der Waals surface area contributed by atoms with Gasteiger partial charge in [0.1, 0.15) is 0 Å². The summed E-state index contributed by atoms with van der Waals surface area (Å²) >= 11 is 0. The van der Waals surface area contributed by atoms with Crippen LogP contribution in [0.25, 0.3) is 21.9 Å². The third-order valence-corrected chi connectivity index (χ3v) is 6.17. The Labute approximate surface area is 194 Å². The largest absolute Gasteiger partial charge is 0.476 e. The molecule has 1 aromatic heterocycles. The maximum absolute atomic E-state index is 11.8. The highest BCUT2D eigenvalue weighted by Gasteiger charge is 2.21. The first-order chi connectivity index (χ1) is 16.0. The van der Waals surface area contributed by atoms with E-state index >= 15 is 0 Å². The highest BCUT2D eigenvalue weighted by Crippen LogP contribution is 2.27. The van der Waals surface area contributed by atoms with Crippen LogP contribution in [0.3, 0.4) is 0 Å². The van der Waals surface area contributed by atoms with Gasteiger partial charge in [-0.3, -0.25) is 0 Å². The second-order valence-corrected chi connectivity index (χ2v) is 8.64. The molecule has 0 radical (unpaired) electrons. The Morgan fingerprint density at radius 3 is 2.21 bits per heavy atom. The Morgan fingerprint density at radius 1 is 0.909 bits per heavy atom. The Balaban J connectivity index is 0.000000318. The summed E-state index contributed by atoms with van der Waals surface area (Å²) in [6.45, 7) is 8.17. The second-order valence-electron chi connectivity index (χ2n) is 8.64. The van der Waals surface area contributed by atoms with Gasteiger partial charge in [0, 0.05) is 64.1 Å². The zero-order valence-electron chi connectivity index (χ0n) is 19.4. The van der Waals surface area contributed by atoms with Gasteiger partial charge < -0.3 is 25.1 Å². The Morgan fingerprint density at radius 2 is 1.58 bits per heavy atom. The molecular weight excluding hydrogens is 416 g/mol. The van der Waals surface area contributed by atoms with Crippen molar-refractivity contribution in [3.63, 3.8) is 0 Å². The van der Waals surface area contributed by atoms with E-state index in [1.54, 1.807) is 6.20 Å². The molecule has 3 aromatic rings. The minimum Gasteiger partial charge on any atom is -0.476 e. The molecule has 8 nitrogen and oxygen atoms in total. The summed E-state index contributed by atoms with van der Waals surface area (Å²) in [5, 5.41) is 15.1. The van der Waals surface area contributed by atoms with E-state index in [4.69, 9.17) is 0 Å². The minimum atomic E-state index is -1.04. The van der Waals surface area contributed by atoms with Crippen molar-refractivity contribution >= 4 is 22.7 Å². The standard InChI is InChI=1S/C20H20N4O2.C5H12N2/c1-23-8-10-24(11-9-23)20-21-13-17(18(22-20)19(25)26)16-7-6-14-4-2-3-5-15(14)12-16;1-7-4-2-6-3-5-7/h2-7,12-13H,8-11H2,1H3,(H,25,26);6H,2-5H2,1H3. The van der Waals surface area contributed by atoms with Gasteiger partial charge in [0.05, 0.1) is 0 Å². The van der Waals surface area contributed by atoms with E-state index in [1.807, 2.05) is 47.4 Å². The second kappa shape index (κ2) is 10.7. The number of likely N-dealkylation sites (N-methyl/N-ethyl adjacent to an activating group) is 2. The van der Waals surface area contributed by atoms with E-state index in [2.05, 4.69) is 39.2 Å². The van der Waals surface area contributed by atoms with Crippen molar-refractivity contribution in [3.8, 4) is 11.1 Å². The summed E-state index contributed by atoms with van der Waals surface area (Å²) in [5.74, 6) is -0.550. The number of rotatable bonds is 3. The Hall–Kier alpha value is -3.07. The fourth-order valence-electron chi connectivity index (χ4n) is 4.04. The number of benzene rings is 2. The fourth-order valence-corrected chi connectivity index (χ4v) is 4.04. The van der Waals surface area contributed by atoms with Crippen LogP contribution in [0, 0.1) is 0 Å². The van der Waals surface area contributed by atoms with Gasteiger partial charge in [-0.2, -0.15) is 0 Å². The molecule has 174 valence electrons. The van der Waals surface area contributed by atoms with Crippen LogP contribution in [0.5, 0.6) is 0 Å². The predicted octanol–water partition coefficient (Wildman–Crippen LogP) is 2.27. The number of hydrogen-bond acceptors (Lipinski definition) is 7. The quantitative estimate of drug-likeness (QED) is 0.631. The smallest absolute Gasteiger partial charge is 0.355 e. The van der Waals surface area contributed by atoms with Crippen molar-refractivity contribution in [2.75, 3.05) is 71.4 Å². The monoisotopic (exact) mass is 448 g/mol. The number of piperazine rings is 2. The number of hydrogen-bond donors (Lipinski definition) is 2. The zero-order chi connectivity index (χ0) is 23.2. The number of aromatic carboxylic acids is 1. The summed E-state index contributed by atoms with van der Waals surface area (Å²) in [6, 6.07) is 13.9. The molecule has 8 heteroatoms. The molecule has 0 unspecified atom stereocenters. The molecule has 5 rings (SSSR count). The van der Waals surface area contributed by atoms with Crippen LogP contribution in [0.15, 0.2) is 48.7 Å². The van der Waals surface area contributed by atoms with E-state index in [0.29, 0.717) is 11.5 Å². The normalized spacial score (nSPS) is 17.5. The summed E-state index contributed by atoms with van der Waals surface area (Å²) in [6.07, 6.45) is 1.63. The minimum absolute atomic E-state index is 0.0456. The molecule has 0 saturated carbocycles. The first kappa shape index (κ1) is 23.1. The SMILES string of the molecule is CN1CCN(c2ncc(-c3ccc4ccccc4c3)c(C(=O)O)n2)CC1.CN1CCNCC1. The molecule has 0 amide bonds. The maximum atomic E-state index is 11.8. The molecular formula is C25H32N6O2. The van der Waals surface area contributed by atoms with Gasteiger partial charge in [-0.05, 0) is 36.5 Å². The lowest BCUT2D eigenvalue weighted by Gasteiger charge is -2.32. The van der Waals surface area contributed by atoms with Gasteiger partial charge in [0.25, 0.3) is 0 Å². The molecule has 2 fully saturated rings. The first-order valence-corrected chi connectivity index (χ1v) is 11.4. The maximum Gasteiger partial charge on any atom is 0.355 e. The summed E-state index contributed by atoms with van der Waals surface area (Å²) in [4.78, 5) is 27.3. The lowest BCUT2D eigenvalue weighted by Crippen LogP contribution is -2.45. The van der Waals surface area contributed by atoms with Crippen molar-refractivity contribution in [1.29, 1.82) is 0 Å². The van der Waals surface area contributed by atoms with Gasteiger partial charge in [-0.1, -0.05) is 36.4 Å². The van der Waals surface area contributed by atoms with Crippen LogP contribution < -0.4 is 10.2 Å². The average molecular weight is 449 g/mol. The van der Waals surface area contributed by atoms with E-state index in [-0.39, 0.29) is 5.69 Å². The molecule has 0 bridgehead atoms. The molecule has 2 aromatic carbocycles. The topological polar surface area (TPSA) is 84.8 Å². The number of carbonyl (C=O) groups is 1. The van der Waals surface area contributed by atoms with Crippen LogP contribution in [0.4, 0.5) is 5.95 Å². The van der Waals surface area contributed by atoms with Crippen LogP contribution in [0.1, 0.15) is 10.5 Å². The molecule has 0 aliphatic carbocycles. The molecule has 0 spiro atoms. The Bertz CT molecular complexity index is 1090. The van der Waals surface area contributed by atoms with Crippen LogP contribution in [-0.2, 0) is 0 Å². The molecule has 3 heterocycles. The van der Waals surface area contributed by atoms with Crippen molar-refractivity contribution in [1.82, 2.24) is 25.1 Å². The lowest BCUT2D eigenvalue weighted by molar-refractivity contribution is 0.0691. The van der Waals surface area contributed by atoms with Crippen LogP contribution >= 0.6 is 0 Å². The van der Waals surface area contributed by atoms with Crippen LogP contribution in [-0.4, -0.2) is 97.3 Å². The number of nitrogens with zero attached hydrogens (tertiary/aromatic N) is 5. The van der Waals surface area contributed by atoms with Crippen LogP contribution in [0.2, 0.25) is 0 Å². The molecule has 2 aliphatic rings. The third kappa shape index (κ3) is 5.84. The summed E-state index contributed by atoms with van der Waals surface area (Å²) in [7, 11) is 4.23. The van der Waals surface area contributed by atoms with Gasteiger partial charge in [-0.15, -0.1) is 0 Å². The summed E-state index contributed by atoms with van der Waals surface area (Å²) in [5.41, 5.74) is 1.40. The van der Waals surface area contributed by atoms with Gasteiger partial charge in [0.15, 0.2) is 5.69 Å². The zero-order valence-corrected chi connectivity index (χ0v) is 19.4. The van der Waals surface area contributed by atoms with E-state index in [0.717, 1.165) is 55.6 Å². The number of nitrogens with one attached hydrogen (secondary N) is 1. The van der Waals surface area contributed by atoms with E-state index < -0.39 is 5.97 Å². The number of anilines is 1. The lowest BCUT2D eigenvalue weighted by atomic mass is 10.0. The van der Waals surface area contributed by atoms with E-state index in [1.165, 1.54) is 13.1 Å². The number of fused-ring (bicyclic) bond motifs is 1. The van der Waals surface area contributed by atoms with Crippen molar-refractivity contribution in [2.24, 2.45) is 0 Å². The fraction of sp³-hybridized carbons (Fsp3) is 0.400. The predicted molar refractivity (Wildman–Crippen MR) is 132 cm³/mol. The molecule has 2 N–H and O–H groups in total. The molecule has 0 atom stereocenters. The number of carboxylic acids is 1. The van der Waals surface area contributed by atoms with Crippen molar-refractivity contribution in [3.05, 3.63) is 54.4 Å². The highest BCUT2D eigenvalue weighted by atomic mass is 16.4. The first-order valence-electron chi connectivity index (χ1n) is 11.4. The van der Waals surface area contributed by atoms with Gasteiger partial charge >= 0.3 is 5.97 Å². The summed E-state index contributed by atoms with van der Waals surface area (Å²) < 4.78 is 0. The van der Waals surface area contributed by atoms with Gasteiger partial charge in [-0.25, -0.2) is 14.8 Å². The molecule has 2 aliphatic heterocycles. The molecule has 33 heavy (non-hydrogen) atoms. The van der Waals surface area contributed by atoms with Crippen molar-refractivity contribution < 1.29 is 9.90 Å². The third-order valence-electron chi connectivity index (χ3n) is 6.17. The Kier molecular flexibility index (Phi) is 7.49. The molecule has 2 saturated heterocycles. The number of carboxylic acid groups (broad SMARTS) is 1. The number of aromatic nitrogens is 2. The van der Waals surface area contributed by atoms with Crippen molar-refractivity contribution in [2.45, 2.75) is 0 Å². The average Bonchev–Trinajstić information content (AvgIpc) is 2.85.